The van der Waals surface area contributed by atoms with Gasteiger partial charge in [-0.1, -0.05) is 36.4 Å². The molecule has 0 aromatic heterocycles. The lowest BCUT2D eigenvalue weighted by Gasteiger charge is -2.10. The SMILES string of the molecule is O=C(COc1ccc([N+](=O)[O-])cc1F)Nc1cccc2ccccc12. The summed E-state index contributed by atoms with van der Waals surface area (Å²) < 4.78 is 18.8. The highest BCUT2D eigenvalue weighted by Gasteiger charge is 2.13. The normalized spacial score (nSPS) is 10.4. The molecule has 6 nitrogen and oxygen atoms in total. The molecule has 0 bridgehead atoms. The summed E-state index contributed by atoms with van der Waals surface area (Å²) >= 11 is 0. The molecule has 7 heteroatoms. The van der Waals surface area contributed by atoms with Crippen LogP contribution in [0.25, 0.3) is 10.8 Å². The first-order valence-corrected chi connectivity index (χ1v) is 7.39. The number of nitro benzene ring substituents is 1. The number of hydrogen-bond acceptors (Lipinski definition) is 4. The van der Waals surface area contributed by atoms with Gasteiger partial charge >= 0.3 is 0 Å². The number of hydrogen-bond donors (Lipinski definition) is 1. The monoisotopic (exact) mass is 340 g/mol. The van der Waals surface area contributed by atoms with Crippen LogP contribution in [0.5, 0.6) is 5.75 Å². The molecule has 0 radical (unpaired) electrons. The first kappa shape index (κ1) is 16.4. The molecule has 1 amide bonds. The van der Waals surface area contributed by atoms with Gasteiger partial charge in [-0.15, -0.1) is 0 Å². The number of anilines is 1. The number of fused-ring (bicyclic) bond motifs is 1. The molecular formula is C18H13FN2O4. The third kappa shape index (κ3) is 3.72. The van der Waals surface area contributed by atoms with Gasteiger partial charge in [0.2, 0.25) is 0 Å². The maximum Gasteiger partial charge on any atom is 0.272 e. The summed E-state index contributed by atoms with van der Waals surface area (Å²) in [5.41, 5.74) is 0.237. The van der Waals surface area contributed by atoms with Crippen molar-refractivity contribution in [2.24, 2.45) is 0 Å². The number of nitro groups is 1. The van der Waals surface area contributed by atoms with Crippen LogP contribution >= 0.6 is 0 Å². The maximum atomic E-state index is 13.7. The third-order valence-electron chi connectivity index (χ3n) is 3.55. The highest BCUT2D eigenvalue weighted by molar-refractivity contribution is 6.02. The van der Waals surface area contributed by atoms with E-state index in [-0.39, 0.29) is 11.4 Å². The Morgan fingerprint density at radius 3 is 2.64 bits per heavy atom. The predicted molar refractivity (Wildman–Crippen MR) is 91.1 cm³/mol. The summed E-state index contributed by atoms with van der Waals surface area (Å²) in [6, 6.07) is 16.0. The summed E-state index contributed by atoms with van der Waals surface area (Å²) in [7, 11) is 0. The summed E-state index contributed by atoms with van der Waals surface area (Å²) in [5.74, 6) is -1.58. The molecule has 0 heterocycles. The Bertz CT molecular complexity index is 953. The molecule has 0 unspecified atom stereocenters. The summed E-state index contributed by atoms with van der Waals surface area (Å²) in [6.45, 7) is -0.419. The van der Waals surface area contributed by atoms with E-state index in [2.05, 4.69) is 5.32 Å². The van der Waals surface area contributed by atoms with Crippen molar-refractivity contribution in [3.05, 3.63) is 76.6 Å². The van der Waals surface area contributed by atoms with E-state index in [1.54, 1.807) is 6.07 Å². The number of benzene rings is 3. The lowest BCUT2D eigenvalue weighted by Crippen LogP contribution is -2.20. The Morgan fingerprint density at radius 1 is 1.12 bits per heavy atom. The Morgan fingerprint density at radius 2 is 1.88 bits per heavy atom. The predicted octanol–water partition coefficient (Wildman–Crippen LogP) is 3.90. The molecule has 0 atom stereocenters. The number of non-ortho nitro benzene ring substituents is 1. The maximum absolute atomic E-state index is 13.7. The van der Waals surface area contributed by atoms with Crippen LogP contribution in [0.3, 0.4) is 0 Å². The van der Waals surface area contributed by atoms with Crippen molar-refractivity contribution in [2.75, 3.05) is 11.9 Å². The smallest absolute Gasteiger partial charge is 0.272 e. The number of nitrogens with zero attached hydrogens (tertiary/aromatic N) is 1. The fraction of sp³-hybridized carbons (Fsp3) is 0.0556. The minimum absolute atomic E-state index is 0.223. The van der Waals surface area contributed by atoms with E-state index < -0.39 is 23.3 Å². The van der Waals surface area contributed by atoms with Gasteiger partial charge in [0.15, 0.2) is 18.2 Å². The van der Waals surface area contributed by atoms with Gasteiger partial charge in [-0.05, 0) is 17.5 Å². The number of ether oxygens (including phenoxy) is 1. The Hall–Kier alpha value is -3.48. The van der Waals surface area contributed by atoms with E-state index in [4.69, 9.17) is 4.74 Å². The molecule has 126 valence electrons. The van der Waals surface area contributed by atoms with Crippen LogP contribution in [-0.2, 0) is 4.79 Å². The highest BCUT2D eigenvalue weighted by atomic mass is 19.1. The van der Waals surface area contributed by atoms with Crippen LogP contribution in [0.2, 0.25) is 0 Å². The Balaban J connectivity index is 1.68. The molecule has 0 aliphatic rings. The number of amides is 1. The van der Waals surface area contributed by atoms with Gasteiger partial charge in [-0.2, -0.15) is 0 Å². The summed E-state index contributed by atoms with van der Waals surface area (Å²) in [4.78, 5) is 21.9. The zero-order chi connectivity index (χ0) is 17.8. The summed E-state index contributed by atoms with van der Waals surface area (Å²) in [6.07, 6.45) is 0. The van der Waals surface area contributed by atoms with Gasteiger partial charge in [0, 0.05) is 17.1 Å². The lowest BCUT2D eigenvalue weighted by atomic mass is 10.1. The second-order valence-corrected chi connectivity index (χ2v) is 5.24. The van der Waals surface area contributed by atoms with Crippen LogP contribution in [0, 0.1) is 15.9 Å². The molecular weight excluding hydrogens is 327 g/mol. The number of carbonyl (C=O) groups excluding carboxylic acids is 1. The van der Waals surface area contributed by atoms with Gasteiger partial charge in [0.25, 0.3) is 11.6 Å². The van der Waals surface area contributed by atoms with Gasteiger partial charge in [0.1, 0.15) is 0 Å². The minimum atomic E-state index is -0.896. The number of carbonyl (C=O) groups is 1. The fourth-order valence-corrected chi connectivity index (χ4v) is 2.38. The number of rotatable bonds is 5. The molecule has 0 saturated carbocycles. The minimum Gasteiger partial charge on any atom is -0.481 e. The van der Waals surface area contributed by atoms with Crippen LogP contribution < -0.4 is 10.1 Å². The number of halogens is 1. The fourth-order valence-electron chi connectivity index (χ4n) is 2.38. The van der Waals surface area contributed by atoms with Crippen LogP contribution in [0.15, 0.2) is 60.7 Å². The van der Waals surface area contributed by atoms with E-state index in [0.29, 0.717) is 5.69 Å². The zero-order valence-corrected chi connectivity index (χ0v) is 12.9. The second-order valence-electron chi connectivity index (χ2n) is 5.24. The molecule has 0 fully saturated rings. The standard InChI is InChI=1S/C18H13FN2O4/c19-15-10-13(21(23)24)8-9-17(15)25-11-18(22)20-16-7-3-5-12-4-1-2-6-14(12)16/h1-10H,11H2,(H,20,22). The zero-order valence-electron chi connectivity index (χ0n) is 12.9. The quantitative estimate of drug-likeness (QED) is 0.564. The van der Waals surface area contributed by atoms with Gasteiger partial charge in [0.05, 0.1) is 11.0 Å². The van der Waals surface area contributed by atoms with Crippen molar-refractivity contribution in [1.82, 2.24) is 0 Å². The lowest BCUT2D eigenvalue weighted by molar-refractivity contribution is -0.385. The van der Waals surface area contributed by atoms with Crippen molar-refractivity contribution in [2.45, 2.75) is 0 Å². The van der Waals surface area contributed by atoms with Crippen LogP contribution in [0.1, 0.15) is 0 Å². The Kier molecular flexibility index (Phi) is 4.56. The molecule has 1 N–H and O–H groups in total. The van der Waals surface area contributed by atoms with Gasteiger partial charge in [-0.25, -0.2) is 4.39 Å². The van der Waals surface area contributed by atoms with Crippen molar-refractivity contribution in [3.8, 4) is 5.75 Å². The molecule has 0 spiro atoms. The molecule has 0 aliphatic carbocycles. The van der Waals surface area contributed by atoms with E-state index in [9.17, 15) is 19.3 Å². The first-order valence-electron chi connectivity index (χ1n) is 7.39. The van der Waals surface area contributed by atoms with E-state index in [1.807, 2.05) is 36.4 Å². The average molecular weight is 340 g/mol. The van der Waals surface area contributed by atoms with Crippen molar-refractivity contribution < 1.29 is 18.8 Å². The van der Waals surface area contributed by atoms with Crippen molar-refractivity contribution in [1.29, 1.82) is 0 Å². The molecule has 3 rings (SSSR count). The summed E-state index contributed by atoms with van der Waals surface area (Å²) in [5, 5.41) is 15.1. The first-order chi connectivity index (χ1) is 12.0. The van der Waals surface area contributed by atoms with Gasteiger partial charge < -0.3 is 10.1 Å². The molecule has 3 aromatic rings. The molecule has 0 aliphatic heterocycles. The topological polar surface area (TPSA) is 81.5 Å². The van der Waals surface area contributed by atoms with Crippen molar-refractivity contribution >= 4 is 28.1 Å². The largest absolute Gasteiger partial charge is 0.481 e. The van der Waals surface area contributed by atoms with Crippen LogP contribution in [0.4, 0.5) is 15.8 Å². The molecule has 25 heavy (non-hydrogen) atoms. The highest BCUT2D eigenvalue weighted by Crippen LogP contribution is 2.24. The van der Waals surface area contributed by atoms with E-state index in [0.717, 1.165) is 29.0 Å². The molecule has 0 saturated heterocycles. The van der Waals surface area contributed by atoms with Crippen molar-refractivity contribution in [3.63, 3.8) is 0 Å². The van der Waals surface area contributed by atoms with Gasteiger partial charge in [-0.3, -0.25) is 14.9 Å². The molecule has 3 aromatic carbocycles. The third-order valence-corrected chi connectivity index (χ3v) is 3.55. The van der Waals surface area contributed by atoms with E-state index in [1.165, 1.54) is 0 Å². The van der Waals surface area contributed by atoms with Crippen LogP contribution in [-0.4, -0.2) is 17.4 Å². The second kappa shape index (κ2) is 6.96. The number of nitrogens with one attached hydrogen (secondary N) is 1. The average Bonchev–Trinajstić information content (AvgIpc) is 2.61. The Labute approximate surface area is 142 Å². The van der Waals surface area contributed by atoms with E-state index >= 15 is 0 Å².